The van der Waals surface area contributed by atoms with Crippen LogP contribution in [0.2, 0.25) is 5.02 Å². The number of nitrogens with zero attached hydrogens (tertiary/aromatic N) is 3. The fourth-order valence-electron chi connectivity index (χ4n) is 4.83. The average molecular weight is 529 g/mol. The summed E-state index contributed by atoms with van der Waals surface area (Å²) in [6.45, 7) is 1.32. The lowest BCUT2D eigenvalue weighted by Gasteiger charge is -2.47. The van der Waals surface area contributed by atoms with Crippen molar-refractivity contribution < 1.29 is 23.5 Å². The fourth-order valence-corrected chi connectivity index (χ4v) is 5.06. The van der Waals surface area contributed by atoms with Gasteiger partial charge >= 0.3 is 0 Å². The summed E-state index contributed by atoms with van der Waals surface area (Å²) < 4.78 is 29.0. The van der Waals surface area contributed by atoms with E-state index in [-0.39, 0.29) is 35.9 Å². The van der Waals surface area contributed by atoms with Crippen LogP contribution in [0, 0.1) is 11.6 Å². The largest absolute Gasteiger partial charge is 0.503 e. The maximum absolute atomic E-state index is 14.5. The summed E-state index contributed by atoms with van der Waals surface area (Å²) >= 11 is 6.23. The molecule has 192 valence electrons. The molecule has 2 aliphatic heterocycles. The Morgan fingerprint density at radius 1 is 1.11 bits per heavy atom. The van der Waals surface area contributed by atoms with Gasteiger partial charge in [0.2, 0.25) is 5.43 Å². The lowest BCUT2D eigenvalue weighted by atomic mass is 10.1. The molecule has 1 atom stereocenters. The van der Waals surface area contributed by atoms with E-state index in [9.17, 15) is 28.3 Å². The van der Waals surface area contributed by atoms with Gasteiger partial charge in [-0.25, -0.2) is 8.78 Å². The highest BCUT2D eigenvalue weighted by Gasteiger charge is 2.41. The van der Waals surface area contributed by atoms with Crippen molar-refractivity contribution in [2.45, 2.75) is 32.2 Å². The van der Waals surface area contributed by atoms with Gasteiger partial charge in [-0.05, 0) is 36.2 Å². The molecule has 2 N–H and O–H groups in total. The molecule has 2 aliphatic rings. The van der Waals surface area contributed by atoms with Gasteiger partial charge in [-0.3, -0.25) is 19.3 Å². The topological polar surface area (TPSA) is 94.9 Å². The molecular formula is C26H23ClF2N4O4. The number of carbonyl (C=O) groups is 2. The van der Waals surface area contributed by atoms with Crippen LogP contribution in [0.5, 0.6) is 5.75 Å². The Kier molecular flexibility index (Phi) is 6.70. The number of amides is 2. The Morgan fingerprint density at radius 2 is 1.86 bits per heavy atom. The van der Waals surface area contributed by atoms with E-state index in [1.54, 1.807) is 11.0 Å². The molecule has 2 aromatic carbocycles. The maximum Gasteiger partial charge on any atom is 0.275 e. The predicted molar refractivity (Wildman–Crippen MR) is 131 cm³/mol. The van der Waals surface area contributed by atoms with Crippen LogP contribution in [0.4, 0.5) is 8.78 Å². The summed E-state index contributed by atoms with van der Waals surface area (Å²) in [7, 11) is 0. The summed E-state index contributed by atoms with van der Waals surface area (Å²) in [5, 5.41) is 13.5. The lowest BCUT2D eigenvalue weighted by molar-refractivity contribution is -0.0143. The first-order valence-corrected chi connectivity index (χ1v) is 12.1. The summed E-state index contributed by atoms with van der Waals surface area (Å²) in [6, 6.07) is 9.95. The third kappa shape index (κ3) is 4.70. The van der Waals surface area contributed by atoms with Gasteiger partial charge in [0.15, 0.2) is 11.4 Å². The smallest absolute Gasteiger partial charge is 0.275 e. The van der Waals surface area contributed by atoms with Gasteiger partial charge < -0.3 is 19.9 Å². The number of rotatable bonds is 5. The summed E-state index contributed by atoms with van der Waals surface area (Å²) in [6.07, 6.45) is 1.38. The maximum atomic E-state index is 14.5. The lowest BCUT2D eigenvalue weighted by Crippen LogP contribution is -2.60. The first-order chi connectivity index (χ1) is 17.7. The number of fused-ring (bicyclic) bond motifs is 2. The standard InChI is InChI=1S/C26H23ClF2N4O4/c27-19-3-1-4-20(29)17(19)12-31-9-2-10-33-21(31)14-32-13-18(23(34)24(35)22(32)26(33)37)25(36)30-11-15-5-7-16(28)8-6-15/h1,3-8,13,21,35H,2,9-12,14H2,(H,30,36). The normalized spacial score (nSPS) is 17.3. The minimum absolute atomic E-state index is 0.0353. The summed E-state index contributed by atoms with van der Waals surface area (Å²) in [5.74, 6) is -2.96. The molecule has 1 saturated heterocycles. The number of nitrogens with one attached hydrogen (secondary N) is 1. The highest BCUT2D eigenvalue weighted by molar-refractivity contribution is 6.31. The number of pyridine rings is 1. The second-order valence-electron chi connectivity index (χ2n) is 9.03. The van der Waals surface area contributed by atoms with Crippen molar-refractivity contribution in [2.24, 2.45) is 0 Å². The number of hydrogen-bond acceptors (Lipinski definition) is 5. The first-order valence-electron chi connectivity index (χ1n) is 11.7. The van der Waals surface area contributed by atoms with E-state index in [4.69, 9.17) is 11.6 Å². The monoisotopic (exact) mass is 528 g/mol. The van der Waals surface area contributed by atoms with Crippen LogP contribution in [0.3, 0.4) is 0 Å². The Bertz CT molecular complexity index is 1420. The zero-order valence-electron chi connectivity index (χ0n) is 19.6. The SMILES string of the molecule is O=C(NCc1ccc(F)cc1)c1cn2c(c(O)c1=O)C(=O)N1CCCN(Cc3c(F)cccc3Cl)C1C2. The molecule has 1 unspecified atom stereocenters. The molecule has 11 heteroatoms. The molecule has 5 rings (SSSR count). The second-order valence-corrected chi connectivity index (χ2v) is 9.44. The van der Waals surface area contributed by atoms with Gasteiger partial charge in [-0.15, -0.1) is 0 Å². The number of hydrogen-bond donors (Lipinski definition) is 2. The van der Waals surface area contributed by atoms with Gasteiger partial charge in [0.25, 0.3) is 11.8 Å². The third-order valence-electron chi connectivity index (χ3n) is 6.74. The Balaban J connectivity index is 1.43. The van der Waals surface area contributed by atoms with Crippen LogP contribution in [0.25, 0.3) is 0 Å². The minimum atomic E-state index is -0.957. The van der Waals surface area contributed by atoms with E-state index in [2.05, 4.69) is 5.32 Å². The number of aromatic hydroxyl groups is 1. The van der Waals surface area contributed by atoms with Crippen molar-refractivity contribution >= 4 is 23.4 Å². The molecule has 3 aromatic rings. The molecule has 0 spiro atoms. The van der Waals surface area contributed by atoms with Crippen LogP contribution in [-0.4, -0.2) is 50.5 Å². The van der Waals surface area contributed by atoms with Crippen molar-refractivity contribution in [3.05, 3.63) is 97.9 Å². The molecule has 0 bridgehead atoms. The first kappa shape index (κ1) is 24.9. The molecule has 0 saturated carbocycles. The quantitative estimate of drug-likeness (QED) is 0.531. The van der Waals surface area contributed by atoms with Crippen molar-refractivity contribution in [1.29, 1.82) is 0 Å². The Labute approximate surface area is 215 Å². The van der Waals surface area contributed by atoms with Crippen LogP contribution in [-0.2, 0) is 19.6 Å². The number of benzene rings is 2. The number of carbonyl (C=O) groups excluding carboxylic acids is 2. The molecular weight excluding hydrogens is 506 g/mol. The van der Waals surface area contributed by atoms with Crippen LogP contribution in [0.1, 0.15) is 38.4 Å². The van der Waals surface area contributed by atoms with Crippen molar-refractivity contribution in [3.63, 3.8) is 0 Å². The molecule has 0 aliphatic carbocycles. The Hall–Kier alpha value is -3.76. The van der Waals surface area contributed by atoms with E-state index in [0.717, 1.165) is 0 Å². The van der Waals surface area contributed by atoms with Gasteiger partial charge in [0.05, 0.1) is 6.54 Å². The van der Waals surface area contributed by atoms with Crippen molar-refractivity contribution in [1.82, 2.24) is 19.7 Å². The fraction of sp³-hybridized carbons (Fsp3) is 0.269. The van der Waals surface area contributed by atoms with Gasteiger partial charge in [0, 0.05) is 43.0 Å². The second kappa shape index (κ2) is 9.95. The molecule has 3 heterocycles. The van der Waals surface area contributed by atoms with Crippen molar-refractivity contribution in [3.8, 4) is 5.75 Å². The molecule has 0 radical (unpaired) electrons. The third-order valence-corrected chi connectivity index (χ3v) is 7.09. The molecule has 37 heavy (non-hydrogen) atoms. The molecule has 8 nitrogen and oxygen atoms in total. The highest BCUT2D eigenvalue weighted by Crippen LogP contribution is 2.30. The zero-order chi connectivity index (χ0) is 26.3. The van der Waals surface area contributed by atoms with E-state index < -0.39 is 40.8 Å². The van der Waals surface area contributed by atoms with Crippen LogP contribution in [0.15, 0.2) is 53.5 Å². The average Bonchev–Trinajstić information content (AvgIpc) is 2.88. The summed E-state index contributed by atoms with van der Waals surface area (Å²) in [5.41, 5.74) is -0.548. The van der Waals surface area contributed by atoms with E-state index >= 15 is 0 Å². The molecule has 1 aromatic heterocycles. The van der Waals surface area contributed by atoms with E-state index in [0.29, 0.717) is 30.6 Å². The molecule has 1 fully saturated rings. The van der Waals surface area contributed by atoms with Gasteiger partial charge in [-0.2, -0.15) is 0 Å². The zero-order valence-corrected chi connectivity index (χ0v) is 20.3. The Morgan fingerprint density at radius 3 is 2.59 bits per heavy atom. The minimum Gasteiger partial charge on any atom is -0.503 e. The number of halogens is 3. The van der Waals surface area contributed by atoms with Gasteiger partial charge in [-0.1, -0.05) is 29.8 Å². The van der Waals surface area contributed by atoms with Gasteiger partial charge in [0.1, 0.15) is 23.4 Å². The van der Waals surface area contributed by atoms with Crippen molar-refractivity contribution in [2.75, 3.05) is 13.1 Å². The van der Waals surface area contributed by atoms with E-state index in [1.165, 1.54) is 47.2 Å². The van der Waals surface area contributed by atoms with Crippen LogP contribution < -0.4 is 10.7 Å². The predicted octanol–water partition coefficient (Wildman–Crippen LogP) is 3.10. The van der Waals surface area contributed by atoms with E-state index in [1.807, 2.05) is 4.90 Å². The highest BCUT2D eigenvalue weighted by atomic mass is 35.5. The molecule has 2 amide bonds. The van der Waals surface area contributed by atoms with Crippen LogP contribution >= 0.6 is 11.6 Å². The number of aromatic nitrogens is 1. The summed E-state index contributed by atoms with van der Waals surface area (Å²) in [4.78, 5) is 42.4.